The number of halogens is 3. The Morgan fingerprint density at radius 1 is 1.15 bits per heavy atom. The number of anilines is 3. The molecule has 1 aliphatic rings. The van der Waals surface area contributed by atoms with Crippen LogP contribution < -0.4 is 10.6 Å². The highest BCUT2D eigenvalue weighted by Crippen LogP contribution is 2.30. The van der Waals surface area contributed by atoms with Crippen molar-refractivity contribution in [2.75, 3.05) is 50.0 Å². The van der Waals surface area contributed by atoms with Gasteiger partial charge < -0.3 is 15.4 Å². The zero-order valence-corrected chi connectivity index (χ0v) is 15.0. The van der Waals surface area contributed by atoms with Crippen molar-refractivity contribution in [3.05, 3.63) is 41.6 Å². The number of aromatic nitrogens is 2. The summed E-state index contributed by atoms with van der Waals surface area (Å²) in [6, 6.07) is 4.77. The molecule has 0 atom stereocenters. The molecule has 27 heavy (non-hydrogen) atoms. The molecular formula is C18H22F3N5O. The first kappa shape index (κ1) is 19.4. The van der Waals surface area contributed by atoms with Crippen LogP contribution in [0.25, 0.3) is 0 Å². The number of morpholine rings is 1. The van der Waals surface area contributed by atoms with Crippen molar-refractivity contribution in [2.24, 2.45) is 0 Å². The molecule has 9 heteroatoms. The van der Waals surface area contributed by atoms with Gasteiger partial charge in [-0.25, -0.2) is 4.98 Å². The third kappa shape index (κ3) is 5.54. The van der Waals surface area contributed by atoms with E-state index in [-0.39, 0.29) is 0 Å². The highest BCUT2D eigenvalue weighted by atomic mass is 19.4. The molecule has 0 radical (unpaired) electrons. The average Bonchev–Trinajstić information content (AvgIpc) is 2.65. The van der Waals surface area contributed by atoms with Gasteiger partial charge in [-0.3, -0.25) is 4.90 Å². The van der Waals surface area contributed by atoms with Crippen molar-refractivity contribution < 1.29 is 17.9 Å². The van der Waals surface area contributed by atoms with E-state index in [2.05, 4.69) is 25.5 Å². The van der Waals surface area contributed by atoms with Crippen LogP contribution in [0.5, 0.6) is 0 Å². The molecular weight excluding hydrogens is 359 g/mol. The van der Waals surface area contributed by atoms with Gasteiger partial charge in [-0.2, -0.15) is 18.2 Å². The van der Waals surface area contributed by atoms with Crippen LogP contribution in [0.3, 0.4) is 0 Å². The van der Waals surface area contributed by atoms with Crippen LogP contribution in [-0.2, 0) is 10.9 Å². The minimum atomic E-state index is -4.35. The summed E-state index contributed by atoms with van der Waals surface area (Å²) in [7, 11) is 0. The second-order valence-electron chi connectivity index (χ2n) is 6.31. The van der Waals surface area contributed by atoms with E-state index in [0.29, 0.717) is 17.5 Å². The Balaban J connectivity index is 1.59. The van der Waals surface area contributed by atoms with Crippen molar-refractivity contribution in [3.8, 4) is 0 Å². The normalized spacial score (nSPS) is 15.6. The Bertz CT molecular complexity index is 746. The molecule has 0 aliphatic carbocycles. The summed E-state index contributed by atoms with van der Waals surface area (Å²) >= 11 is 0. The van der Waals surface area contributed by atoms with Gasteiger partial charge >= 0.3 is 6.18 Å². The Labute approximate surface area is 155 Å². The average molecular weight is 381 g/mol. The van der Waals surface area contributed by atoms with E-state index in [1.165, 1.54) is 12.1 Å². The van der Waals surface area contributed by atoms with E-state index in [0.717, 1.165) is 57.1 Å². The van der Waals surface area contributed by atoms with E-state index in [9.17, 15) is 13.2 Å². The molecule has 1 aromatic carbocycles. The van der Waals surface area contributed by atoms with Gasteiger partial charge in [0.15, 0.2) is 0 Å². The predicted molar refractivity (Wildman–Crippen MR) is 97.2 cm³/mol. The zero-order valence-electron chi connectivity index (χ0n) is 15.0. The summed E-state index contributed by atoms with van der Waals surface area (Å²) in [5.74, 6) is 1.03. The Kier molecular flexibility index (Phi) is 6.12. The fraction of sp³-hybridized carbons (Fsp3) is 0.444. The maximum Gasteiger partial charge on any atom is 0.416 e. The minimum Gasteiger partial charge on any atom is -0.379 e. The maximum absolute atomic E-state index is 12.6. The molecule has 1 aromatic heterocycles. The molecule has 2 heterocycles. The first-order valence-electron chi connectivity index (χ1n) is 8.74. The quantitative estimate of drug-likeness (QED) is 0.801. The van der Waals surface area contributed by atoms with Crippen LogP contribution in [0.15, 0.2) is 30.5 Å². The molecule has 0 spiro atoms. The largest absolute Gasteiger partial charge is 0.416 e. The first-order valence-corrected chi connectivity index (χ1v) is 8.74. The number of ether oxygens (including phenoxy) is 1. The number of hydrogen-bond donors (Lipinski definition) is 2. The lowest BCUT2D eigenvalue weighted by Crippen LogP contribution is -2.39. The highest BCUT2D eigenvalue weighted by Gasteiger charge is 2.29. The lowest BCUT2D eigenvalue weighted by Gasteiger charge is -2.26. The van der Waals surface area contributed by atoms with Gasteiger partial charge in [-0.1, -0.05) is 0 Å². The van der Waals surface area contributed by atoms with Crippen LogP contribution >= 0.6 is 0 Å². The number of rotatable bonds is 6. The summed E-state index contributed by atoms with van der Waals surface area (Å²) in [5.41, 5.74) is 0.699. The van der Waals surface area contributed by atoms with E-state index >= 15 is 0 Å². The number of nitrogens with zero attached hydrogens (tertiary/aromatic N) is 3. The number of benzene rings is 1. The molecule has 1 aliphatic heterocycles. The molecule has 2 aromatic rings. The monoisotopic (exact) mass is 381 g/mol. The SMILES string of the molecule is Cc1cnc(Nc2ccc(C(F)(F)F)cc2)nc1NCCN1CCOCC1. The molecule has 146 valence electrons. The minimum absolute atomic E-state index is 0.328. The number of alkyl halides is 3. The number of aryl methyl sites for hydroxylation is 1. The molecule has 1 saturated heterocycles. The maximum atomic E-state index is 12.6. The number of nitrogens with one attached hydrogen (secondary N) is 2. The summed E-state index contributed by atoms with van der Waals surface area (Å²) in [5, 5.41) is 6.23. The van der Waals surface area contributed by atoms with Gasteiger partial charge in [0, 0.05) is 43.6 Å². The summed E-state index contributed by atoms with van der Waals surface area (Å²) in [4.78, 5) is 10.9. The molecule has 0 unspecified atom stereocenters. The van der Waals surface area contributed by atoms with Gasteiger partial charge in [-0.05, 0) is 31.2 Å². The number of hydrogen-bond acceptors (Lipinski definition) is 6. The van der Waals surface area contributed by atoms with Crippen molar-refractivity contribution in [1.82, 2.24) is 14.9 Å². The Morgan fingerprint density at radius 3 is 2.52 bits per heavy atom. The Morgan fingerprint density at radius 2 is 1.85 bits per heavy atom. The second-order valence-corrected chi connectivity index (χ2v) is 6.31. The van der Waals surface area contributed by atoms with Crippen LogP contribution in [0, 0.1) is 6.92 Å². The smallest absolute Gasteiger partial charge is 0.379 e. The van der Waals surface area contributed by atoms with Gasteiger partial charge in [-0.15, -0.1) is 0 Å². The molecule has 0 saturated carbocycles. The summed E-state index contributed by atoms with van der Waals surface area (Å²) < 4.78 is 43.2. The predicted octanol–water partition coefficient (Wildman–Crippen LogP) is 3.29. The molecule has 3 rings (SSSR count). The topological polar surface area (TPSA) is 62.3 Å². The zero-order chi connectivity index (χ0) is 19.3. The lowest BCUT2D eigenvalue weighted by molar-refractivity contribution is -0.137. The highest BCUT2D eigenvalue weighted by molar-refractivity contribution is 5.56. The fourth-order valence-corrected chi connectivity index (χ4v) is 2.71. The fourth-order valence-electron chi connectivity index (χ4n) is 2.71. The standard InChI is InChI=1S/C18H22F3N5O/c1-13-12-23-17(24-15-4-2-14(3-5-15)18(19,20)21)25-16(13)22-6-7-26-8-10-27-11-9-26/h2-5,12H,6-11H2,1H3,(H2,22,23,24,25). The second kappa shape index (κ2) is 8.53. The first-order chi connectivity index (χ1) is 12.9. The Hall–Kier alpha value is -2.39. The van der Waals surface area contributed by atoms with Gasteiger partial charge in [0.05, 0.1) is 18.8 Å². The van der Waals surface area contributed by atoms with Gasteiger partial charge in [0.25, 0.3) is 0 Å². The van der Waals surface area contributed by atoms with E-state index in [1.54, 1.807) is 6.20 Å². The lowest BCUT2D eigenvalue weighted by atomic mass is 10.2. The summed E-state index contributed by atoms with van der Waals surface area (Å²) in [6.07, 6.45) is -2.67. The van der Waals surface area contributed by atoms with Crippen LogP contribution in [0.2, 0.25) is 0 Å². The van der Waals surface area contributed by atoms with Crippen molar-refractivity contribution in [1.29, 1.82) is 0 Å². The molecule has 0 bridgehead atoms. The van der Waals surface area contributed by atoms with E-state index in [1.807, 2.05) is 6.92 Å². The van der Waals surface area contributed by atoms with Crippen LogP contribution in [0.4, 0.5) is 30.6 Å². The van der Waals surface area contributed by atoms with Crippen molar-refractivity contribution in [3.63, 3.8) is 0 Å². The molecule has 2 N–H and O–H groups in total. The van der Waals surface area contributed by atoms with Gasteiger partial charge in [0.2, 0.25) is 5.95 Å². The van der Waals surface area contributed by atoms with E-state index in [4.69, 9.17) is 4.74 Å². The van der Waals surface area contributed by atoms with Crippen LogP contribution in [-0.4, -0.2) is 54.3 Å². The van der Waals surface area contributed by atoms with Crippen molar-refractivity contribution in [2.45, 2.75) is 13.1 Å². The third-order valence-corrected chi connectivity index (χ3v) is 4.26. The molecule has 1 fully saturated rings. The van der Waals surface area contributed by atoms with Crippen LogP contribution in [0.1, 0.15) is 11.1 Å². The molecule has 6 nitrogen and oxygen atoms in total. The van der Waals surface area contributed by atoms with Crippen molar-refractivity contribution >= 4 is 17.5 Å². The summed E-state index contributed by atoms with van der Waals surface area (Å²) in [6.45, 7) is 6.88. The third-order valence-electron chi connectivity index (χ3n) is 4.26. The van der Waals surface area contributed by atoms with E-state index < -0.39 is 11.7 Å². The van der Waals surface area contributed by atoms with Gasteiger partial charge in [0.1, 0.15) is 5.82 Å². The molecule has 0 amide bonds.